The summed E-state index contributed by atoms with van der Waals surface area (Å²) < 4.78 is 57.7. The van der Waals surface area contributed by atoms with Crippen molar-refractivity contribution in [3.63, 3.8) is 0 Å². The fraction of sp³-hybridized carbons (Fsp3) is 0.600. The van der Waals surface area contributed by atoms with Gasteiger partial charge in [-0.3, -0.25) is 4.57 Å². The lowest BCUT2D eigenvalue weighted by Crippen LogP contribution is -2.39. The molecule has 0 aromatic carbocycles. The highest BCUT2D eigenvalue weighted by molar-refractivity contribution is 7.71. The van der Waals surface area contributed by atoms with Crippen molar-refractivity contribution in [1.82, 2.24) is 9.55 Å². The van der Waals surface area contributed by atoms with Gasteiger partial charge in [0, 0.05) is 6.20 Å². The third-order valence-corrected chi connectivity index (χ3v) is 3.44. The van der Waals surface area contributed by atoms with Crippen molar-refractivity contribution in [3.8, 4) is 0 Å². The first-order valence-corrected chi connectivity index (χ1v) is 6.13. The standard InChI is InChI=1S/C10H11F4N3O3S/c11-3-1-17(9(21)16-7(3)15)8-5(10(12,13)14)6(19)4(2-18)20-8/h1,4-6,8,18-19H,2H2,(H2,15,16,21)/t4-,5?,6+,8-/m1/s1. The van der Waals surface area contributed by atoms with Crippen LogP contribution in [0.4, 0.5) is 23.4 Å². The van der Waals surface area contributed by atoms with E-state index in [-0.39, 0.29) is 0 Å². The van der Waals surface area contributed by atoms with E-state index in [4.69, 9.17) is 27.8 Å². The molecule has 4 atom stereocenters. The van der Waals surface area contributed by atoms with Crippen molar-refractivity contribution in [3.05, 3.63) is 16.8 Å². The third kappa shape index (κ3) is 2.86. The number of anilines is 1. The second-order valence-corrected chi connectivity index (χ2v) is 4.83. The predicted molar refractivity (Wildman–Crippen MR) is 64.0 cm³/mol. The van der Waals surface area contributed by atoms with E-state index in [0.29, 0.717) is 10.8 Å². The molecule has 0 bridgehead atoms. The van der Waals surface area contributed by atoms with Crippen LogP contribution in [0.15, 0.2) is 6.20 Å². The summed E-state index contributed by atoms with van der Waals surface area (Å²) in [7, 11) is 0. The maximum absolute atomic E-state index is 13.4. The van der Waals surface area contributed by atoms with Gasteiger partial charge in [0.25, 0.3) is 0 Å². The summed E-state index contributed by atoms with van der Waals surface area (Å²) in [5.41, 5.74) is 5.17. The fourth-order valence-electron chi connectivity index (χ4n) is 2.13. The van der Waals surface area contributed by atoms with Crippen molar-refractivity contribution in [2.75, 3.05) is 12.3 Å². The quantitative estimate of drug-likeness (QED) is 0.548. The van der Waals surface area contributed by atoms with Crippen molar-refractivity contribution >= 4 is 18.0 Å². The zero-order chi connectivity index (χ0) is 15.9. The highest BCUT2D eigenvalue weighted by atomic mass is 32.1. The Hall–Kier alpha value is -1.30. The van der Waals surface area contributed by atoms with E-state index in [1.54, 1.807) is 0 Å². The van der Waals surface area contributed by atoms with Crippen LogP contribution in [0.1, 0.15) is 6.23 Å². The number of hydrogen-bond donors (Lipinski definition) is 3. The molecule has 2 heterocycles. The van der Waals surface area contributed by atoms with Crippen molar-refractivity contribution in [2.24, 2.45) is 5.92 Å². The van der Waals surface area contributed by atoms with Gasteiger partial charge in [-0.05, 0) is 12.2 Å². The first kappa shape index (κ1) is 16.1. The summed E-state index contributed by atoms with van der Waals surface area (Å²) in [6, 6.07) is 0. The number of rotatable bonds is 2. The summed E-state index contributed by atoms with van der Waals surface area (Å²) >= 11 is 4.74. The molecule has 1 fully saturated rings. The van der Waals surface area contributed by atoms with Crippen molar-refractivity contribution < 1.29 is 32.5 Å². The first-order chi connectivity index (χ1) is 9.66. The summed E-state index contributed by atoms with van der Waals surface area (Å²) in [6.45, 7) is -0.831. The molecule has 0 saturated carbocycles. The predicted octanol–water partition coefficient (Wildman–Crippen LogP) is 0.763. The monoisotopic (exact) mass is 329 g/mol. The highest BCUT2D eigenvalue weighted by Gasteiger charge is 2.58. The highest BCUT2D eigenvalue weighted by Crippen LogP contribution is 2.44. The number of nitrogen functional groups attached to an aromatic ring is 1. The molecular formula is C10H11F4N3O3S. The molecule has 11 heteroatoms. The minimum absolute atomic E-state index is 0.432. The van der Waals surface area contributed by atoms with Gasteiger partial charge in [0.2, 0.25) is 4.77 Å². The first-order valence-electron chi connectivity index (χ1n) is 5.72. The van der Waals surface area contributed by atoms with Crippen LogP contribution in [0, 0.1) is 16.5 Å². The van der Waals surface area contributed by atoms with E-state index in [2.05, 4.69) is 4.98 Å². The number of nitrogens with zero attached hydrogens (tertiary/aromatic N) is 2. The lowest BCUT2D eigenvalue weighted by Gasteiger charge is -2.24. The van der Waals surface area contributed by atoms with Gasteiger partial charge < -0.3 is 20.7 Å². The van der Waals surface area contributed by atoms with Gasteiger partial charge in [0.05, 0.1) is 12.7 Å². The number of ether oxygens (including phenoxy) is 1. The molecule has 1 aliphatic heterocycles. The minimum atomic E-state index is -4.85. The van der Waals surface area contributed by atoms with Crippen LogP contribution in [0.25, 0.3) is 0 Å². The lowest BCUT2D eigenvalue weighted by molar-refractivity contribution is -0.211. The maximum atomic E-state index is 13.4. The van der Waals surface area contributed by atoms with E-state index in [0.717, 1.165) is 0 Å². The molecule has 6 nitrogen and oxygen atoms in total. The zero-order valence-corrected chi connectivity index (χ0v) is 11.1. The Bertz CT molecular complexity index is 594. The Kier molecular flexibility index (Phi) is 4.19. The number of alkyl halides is 3. The molecule has 4 N–H and O–H groups in total. The minimum Gasteiger partial charge on any atom is -0.394 e. The Morgan fingerprint density at radius 2 is 2.10 bits per heavy atom. The molecule has 118 valence electrons. The smallest absolute Gasteiger partial charge is 0.394 e. The van der Waals surface area contributed by atoms with Crippen LogP contribution in [0.5, 0.6) is 0 Å². The number of aliphatic hydroxyl groups excluding tert-OH is 2. The maximum Gasteiger partial charge on any atom is 0.398 e. The zero-order valence-electron chi connectivity index (χ0n) is 10.3. The van der Waals surface area contributed by atoms with E-state index in [1.165, 1.54) is 0 Å². The number of hydrogen-bond acceptors (Lipinski definition) is 6. The van der Waals surface area contributed by atoms with E-state index in [1.807, 2.05) is 0 Å². The van der Waals surface area contributed by atoms with Crippen LogP contribution in [-0.4, -0.2) is 44.8 Å². The molecule has 2 rings (SSSR count). The summed E-state index contributed by atoms with van der Waals surface area (Å²) in [6.07, 6.45) is -9.54. The van der Waals surface area contributed by atoms with Crippen molar-refractivity contribution in [1.29, 1.82) is 0 Å². The van der Waals surface area contributed by atoms with Gasteiger partial charge in [-0.1, -0.05) is 0 Å². The Morgan fingerprint density at radius 3 is 2.62 bits per heavy atom. The van der Waals surface area contributed by atoms with Gasteiger partial charge in [-0.15, -0.1) is 0 Å². The Labute approximate surface area is 120 Å². The molecule has 1 aromatic rings. The van der Waals surface area contributed by atoms with E-state index in [9.17, 15) is 22.7 Å². The molecule has 0 amide bonds. The van der Waals surface area contributed by atoms with Crippen LogP contribution < -0.4 is 5.73 Å². The average Bonchev–Trinajstić information content (AvgIpc) is 2.70. The Morgan fingerprint density at radius 1 is 1.48 bits per heavy atom. The van der Waals surface area contributed by atoms with Gasteiger partial charge in [0.15, 0.2) is 17.9 Å². The molecule has 1 unspecified atom stereocenters. The number of nitrogens with two attached hydrogens (primary N) is 1. The molecule has 1 saturated heterocycles. The number of halogens is 4. The summed E-state index contributed by atoms with van der Waals surface area (Å²) in [4.78, 5) is 3.40. The van der Waals surface area contributed by atoms with E-state index < -0.39 is 53.5 Å². The largest absolute Gasteiger partial charge is 0.398 e. The molecular weight excluding hydrogens is 318 g/mol. The average molecular weight is 329 g/mol. The molecule has 0 radical (unpaired) electrons. The Balaban J connectivity index is 2.51. The molecule has 21 heavy (non-hydrogen) atoms. The summed E-state index contributed by atoms with van der Waals surface area (Å²) in [5, 5.41) is 18.6. The van der Waals surface area contributed by atoms with E-state index >= 15 is 0 Å². The number of aliphatic hydroxyl groups is 2. The molecule has 1 aromatic heterocycles. The topological polar surface area (TPSA) is 93.5 Å². The molecule has 0 spiro atoms. The second-order valence-electron chi connectivity index (χ2n) is 4.47. The van der Waals surface area contributed by atoms with Crippen LogP contribution in [0.2, 0.25) is 0 Å². The van der Waals surface area contributed by atoms with Gasteiger partial charge in [0.1, 0.15) is 12.0 Å². The normalized spacial score (nSPS) is 29.8. The molecule has 0 aliphatic carbocycles. The van der Waals surface area contributed by atoms with Crippen LogP contribution >= 0.6 is 12.2 Å². The van der Waals surface area contributed by atoms with Gasteiger partial charge in [-0.25, -0.2) is 4.39 Å². The van der Waals surface area contributed by atoms with Crippen LogP contribution in [0.3, 0.4) is 0 Å². The van der Waals surface area contributed by atoms with Gasteiger partial charge in [-0.2, -0.15) is 18.2 Å². The third-order valence-electron chi connectivity index (χ3n) is 3.14. The summed E-state index contributed by atoms with van der Waals surface area (Å²) in [5.74, 6) is -4.02. The van der Waals surface area contributed by atoms with Crippen molar-refractivity contribution in [2.45, 2.75) is 24.6 Å². The fourth-order valence-corrected chi connectivity index (χ4v) is 2.38. The van der Waals surface area contributed by atoms with Gasteiger partial charge >= 0.3 is 6.18 Å². The lowest BCUT2D eigenvalue weighted by atomic mass is 9.99. The number of aromatic nitrogens is 2. The SMILES string of the molecule is Nc1nc(=S)n([C@@H]2O[C@H](CO)[C@H](O)C2C(F)(F)F)cc1F. The second kappa shape index (κ2) is 5.48. The molecule has 1 aliphatic rings. The van der Waals surface area contributed by atoms with Crippen LogP contribution in [-0.2, 0) is 4.74 Å².